The molecule has 3 rings (SSSR count). The first-order chi connectivity index (χ1) is 9.70. The molecular formula is C17H19FN2. The Labute approximate surface area is 118 Å². The third-order valence-corrected chi connectivity index (χ3v) is 4.22. The fourth-order valence-corrected chi connectivity index (χ4v) is 2.99. The van der Waals surface area contributed by atoms with E-state index in [1.807, 2.05) is 18.2 Å². The van der Waals surface area contributed by atoms with Gasteiger partial charge in [0.15, 0.2) is 0 Å². The van der Waals surface area contributed by atoms with E-state index in [2.05, 4.69) is 29.7 Å². The first-order valence-corrected chi connectivity index (χ1v) is 6.98. The van der Waals surface area contributed by atoms with Crippen molar-refractivity contribution < 1.29 is 4.39 Å². The van der Waals surface area contributed by atoms with Gasteiger partial charge in [-0.15, -0.1) is 0 Å². The molecule has 2 aromatic rings. The molecule has 0 bridgehead atoms. The number of hydrogen-bond acceptors (Lipinski definition) is 2. The van der Waals surface area contributed by atoms with E-state index in [1.165, 1.54) is 11.6 Å². The first-order valence-electron chi connectivity index (χ1n) is 6.98. The normalized spacial score (nSPS) is 22.6. The molecule has 3 atom stereocenters. The summed E-state index contributed by atoms with van der Waals surface area (Å²) in [6, 6.07) is 15.8. The lowest BCUT2D eigenvalue weighted by atomic mass is 9.98. The van der Waals surface area contributed by atoms with Crippen LogP contribution in [0.1, 0.15) is 35.1 Å². The number of halogens is 1. The van der Waals surface area contributed by atoms with Crippen LogP contribution < -0.4 is 11.3 Å². The summed E-state index contributed by atoms with van der Waals surface area (Å²) >= 11 is 0. The van der Waals surface area contributed by atoms with Gasteiger partial charge in [-0.1, -0.05) is 42.5 Å². The van der Waals surface area contributed by atoms with Crippen molar-refractivity contribution in [2.24, 2.45) is 11.8 Å². The second-order valence-electron chi connectivity index (χ2n) is 5.57. The van der Waals surface area contributed by atoms with Crippen LogP contribution in [-0.2, 0) is 0 Å². The van der Waals surface area contributed by atoms with Crippen molar-refractivity contribution in [1.82, 2.24) is 5.43 Å². The highest BCUT2D eigenvalue weighted by Gasteiger charge is 2.44. The van der Waals surface area contributed by atoms with Crippen molar-refractivity contribution in [3.05, 3.63) is 71.0 Å². The van der Waals surface area contributed by atoms with Gasteiger partial charge in [0.05, 0.1) is 0 Å². The van der Waals surface area contributed by atoms with Crippen molar-refractivity contribution in [2.45, 2.75) is 25.3 Å². The SMILES string of the molecule is Cc1cc(C(NN)C2CC2c2ccccc2)ccc1F. The van der Waals surface area contributed by atoms with E-state index in [0.717, 1.165) is 12.0 Å². The van der Waals surface area contributed by atoms with Crippen LogP contribution in [0, 0.1) is 18.7 Å². The van der Waals surface area contributed by atoms with Crippen LogP contribution >= 0.6 is 0 Å². The summed E-state index contributed by atoms with van der Waals surface area (Å²) in [5.41, 5.74) is 5.99. The minimum absolute atomic E-state index is 0.0829. The molecule has 2 nitrogen and oxygen atoms in total. The molecule has 0 saturated heterocycles. The molecule has 0 aliphatic heterocycles. The highest BCUT2D eigenvalue weighted by Crippen LogP contribution is 2.53. The Morgan fingerprint density at radius 3 is 2.60 bits per heavy atom. The Balaban J connectivity index is 1.80. The number of hydrogen-bond donors (Lipinski definition) is 2. The number of benzene rings is 2. The fraction of sp³-hybridized carbons (Fsp3) is 0.294. The lowest BCUT2D eigenvalue weighted by Crippen LogP contribution is -2.30. The summed E-state index contributed by atoms with van der Waals surface area (Å²) in [4.78, 5) is 0. The molecule has 2 aromatic carbocycles. The smallest absolute Gasteiger partial charge is 0.126 e. The van der Waals surface area contributed by atoms with Crippen LogP contribution in [-0.4, -0.2) is 0 Å². The number of rotatable bonds is 4. The molecule has 1 fully saturated rings. The van der Waals surface area contributed by atoms with Crippen LogP contribution in [0.25, 0.3) is 0 Å². The zero-order valence-corrected chi connectivity index (χ0v) is 11.5. The molecule has 1 aliphatic carbocycles. The average molecular weight is 270 g/mol. The summed E-state index contributed by atoms with van der Waals surface area (Å²) in [6.07, 6.45) is 1.12. The molecule has 0 amide bonds. The van der Waals surface area contributed by atoms with Gasteiger partial charge < -0.3 is 0 Å². The largest absolute Gasteiger partial charge is 0.271 e. The number of nitrogens with two attached hydrogens (primary N) is 1. The molecule has 104 valence electrons. The maximum Gasteiger partial charge on any atom is 0.126 e. The molecule has 0 radical (unpaired) electrons. The van der Waals surface area contributed by atoms with E-state index in [1.54, 1.807) is 6.92 Å². The van der Waals surface area contributed by atoms with Gasteiger partial charge >= 0.3 is 0 Å². The molecule has 1 saturated carbocycles. The van der Waals surface area contributed by atoms with Gasteiger partial charge in [-0.2, -0.15) is 0 Å². The summed E-state index contributed by atoms with van der Waals surface area (Å²) in [5.74, 6) is 6.59. The molecule has 0 heterocycles. The molecular weight excluding hydrogens is 251 g/mol. The number of hydrazine groups is 1. The van der Waals surface area contributed by atoms with Crippen LogP contribution in [0.3, 0.4) is 0 Å². The van der Waals surface area contributed by atoms with Gasteiger partial charge in [0, 0.05) is 6.04 Å². The lowest BCUT2D eigenvalue weighted by Gasteiger charge is -2.17. The van der Waals surface area contributed by atoms with E-state index in [0.29, 0.717) is 17.4 Å². The number of nitrogens with one attached hydrogen (secondary N) is 1. The standard InChI is InChI=1S/C17H19FN2/c1-11-9-13(7-8-16(11)18)17(20-19)15-10-14(15)12-5-3-2-4-6-12/h2-9,14-15,17,20H,10,19H2,1H3. The maximum absolute atomic E-state index is 13.4. The van der Waals surface area contributed by atoms with Gasteiger partial charge in [0.1, 0.15) is 5.82 Å². The molecule has 0 aromatic heterocycles. The monoisotopic (exact) mass is 270 g/mol. The Morgan fingerprint density at radius 2 is 1.95 bits per heavy atom. The highest BCUT2D eigenvalue weighted by molar-refractivity contribution is 5.32. The molecule has 3 N–H and O–H groups in total. The van der Waals surface area contributed by atoms with Crippen molar-refractivity contribution >= 4 is 0 Å². The van der Waals surface area contributed by atoms with Gasteiger partial charge in [-0.05, 0) is 47.9 Å². The van der Waals surface area contributed by atoms with E-state index in [9.17, 15) is 4.39 Å². The van der Waals surface area contributed by atoms with E-state index >= 15 is 0 Å². The summed E-state index contributed by atoms with van der Waals surface area (Å²) in [6.45, 7) is 1.79. The van der Waals surface area contributed by atoms with Gasteiger partial charge in [-0.3, -0.25) is 11.3 Å². The van der Waals surface area contributed by atoms with Crippen LogP contribution in [0.4, 0.5) is 4.39 Å². The van der Waals surface area contributed by atoms with E-state index < -0.39 is 0 Å². The Bertz CT molecular complexity index is 597. The van der Waals surface area contributed by atoms with E-state index in [4.69, 9.17) is 5.84 Å². The van der Waals surface area contributed by atoms with Crippen molar-refractivity contribution in [2.75, 3.05) is 0 Å². The summed E-state index contributed by atoms with van der Waals surface area (Å²) < 4.78 is 13.4. The predicted octanol–water partition coefficient (Wildman–Crippen LogP) is 3.44. The molecule has 3 unspecified atom stereocenters. The maximum atomic E-state index is 13.4. The second kappa shape index (κ2) is 5.35. The van der Waals surface area contributed by atoms with Gasteiger partial charge in [0.2, 0.25) is 0 Å². The zero-order valence-electron chi connectivity index (χ0n) is 11.5. The van der Waals surface area contributed by atoms with Gasteiger partial charge in [-0.25, -0.2) is 4.39 Å². The van der Waals surface area contributed by atoms with E-state index in [-0.39, 0.29) is 11.9 Å². The van der Waals surface area contributed by atoms with Crippen molar-refractivity contribution in [3.63, 3.8) is 0 Å². The van der Waals surface area contributed by atoms with Gasteiger partial charge in [0.25, 0.3) is 0 Å². The molecule has 20 heavy (non-hydrogen) atoms. The first kappa shape index (κ1) is 13.3. The topological polar surface area (TPSA) is 38.0 Å². The molecule has 0 spiro atoms. The quantitative estimate of drug-likeness (QED) is 0.659. The summed E-state index contributed by atoms with van der Waals surface area (Å²) in [5, 5.41) is 0. The fourth-order valence-electron chi connectivity index (χ4n) is 2.99. The molecule has 3 heteroatoms. The van der Waals surface area contributed by atoms with Crippen LogP contribution in [0.2, 0.25) is 0 Å². The zero-order chi connectivity index (χ0) is 14.1. The third-order valence-electron chi connectivity index (χ3n) is 4.22. The predicted molar refractivity (Wildman–Crippen MR) is 78.5 cm³/mol. The van der Waals surface area contributed by atoms with Crippen molar-refractivity contribution in [3.8, 4) is 0 Å². The number of aryl methyl sites for hydroxylation is 1. The minimum Gasteiger partial charge on any atom is -0.271 e. The average Bonchev–Trinajstić information content (AvgIpc) is 3.25. The van der Waals surface area contributed by atoms with Crippen LogP contribution in [0.15, 0.2) is 48.5 Å². The third kappa shape index (κ3) is 2.47. The second-order valence-corrected chi connectivity index (χ2v) is 5.57. The highest BCUT2D eigenvalue weighted by atomic mass is 19.1. The molecule has 1 aliphatic rings. The Kier molecular flexibility index (Phi) is 3.55. The Morgan fingerprint density at radius 1 is 1.20 bits per heavy atom. The minimum atomic E-state index is -0.167. The summed E-state index contributed by atoms with van der Waals surface area (Å²) in [7, 11) is 0. The lowest BCUT2D eigenvalue weighted by molar-refractivity contribution is 0.486. The van der Waals surface area contributed by atoms with Crippen molar-refractivity contribution in [1.29, 1.82) is 0 Å². The Hall–Kier alpha value is -1.71. The van der Waals surface area contributed by atoms with Crippen LogP contribution in [0.5, 0.6) is 0 Å².